The molecule has 37 heavy (non-hydrogen) atoms. The number of methoxy groups -OCH3 is 2. The number of nitrogens with two attached hydrogens (primary N) is 1. The van der Waals surface area contributed by atoms with Gasteiger partial charge in [-0.25, -0.2) is 0 Å². The van der Waals surface area contributed by atoms with Crippen molar-refractivity contribution in [2.24, 2.45) is 11.1 Å². The molecular weight excluding hydrogens is 466 g/mol. The number of rotatable bonds is 6. The predicted octanol–water partition coefficient (Wildman–Crippen LogP) is 4.26. The van der Waals surface area contributed by atoms with Gasteiger partial charge in [0.15, 0.2) is 22.7 Å². The van der Waals surface area contributed by atoms with E-state index >= 15 is 0 Å². The fraction of sp³-hybridized carbons (Fsp3) is 0.233. The SMILES string of the molecule is COc1ccc(C2C(C(=O)c3ccc(C)cc3)N3c4ccccc4C=CC3C2(C#N)C(N)=O)cc1OC. The third-order valence-electron chi connectivity index (χ3n) is 7.51. The third kappa shape index (κ3) is 3.56. The van der Waals surface area contributed by atoms with E-state index in [9.17, 15) is 14.9 Å². The largest absolute Gasteiger partial charge is 0.493 e. The number of nitrogens with zero attached hydrogens (tertiary/aromatic N) is 2. The smallest absolute Gasteiger partial charge is 0.241 e. The second-order valence-electron chi connectivity index (χ2n) is 9.38. The number of hydrogen-bond donors (Lipinski definition) is 1. The summed E-state index contributed by atoms with van der Waals surface area (Å²) in [6.45, 7) is 1.95. The van der Waals surface area contributed by atoms with Crippen molar-refractivity contribution >= 4 is 23.5 Å². The molecule has 1 saturated heterocycles. The molecule has 7 nitrogen and oxygen atoms in total. The van der Waals surface area contributed by atoms with Crippen LogP contribution in [0.4, 0.5) is 5.69 Å². The molecule has 0 bridgehead atoms. The zero-order valence-corrected chi connectivity index (χ0v) is 20.8. The zero-order chi connectivity index (χ0) is 26.3. The average Bonchev–Trinajstić information content (AvgIpc) is 3.24. The number of primary amides is 1. The summed E-state index contributed by atoms with van der Waals surface area (Å²) in [6.07, 6.45) is 3.70. The Morgan fingerprint density at radius 2 is 1.70 bits per heavy atom. The first-order valence-corrected chi connectivity index (χ1v) is 12.0. The molecule has 0 saturated carbocycles. The summed E-state index contributed by atoms with van der Waals surface area (Å²) in [5.74, 6) is -0.945. The van der Waals surface area contributed by atoms with Crippen LogP contribution in [-0.4, -0.2) is 38.0 Å². The first-order valence-electron chi connectivity index (χ1n) is 12.0. The minimum atomic E-state index is -1.73. The molecule has 186 valence electrons. The standard InChI is InChI=1S/C30H27N3O4/c1-18-8-10-20(11-9-18)28(34)27-26(21-12-14-23(36-2)24(16-21)37-3)30(17-31,29(32)35)25-15-13-19-6-4-5-7-22(19)33(25)27/h4-16,25-27H,1-3H3,(H2,32,35). The molecule has 2 N–H and O–H groups in total. The first kappa shape index (κ1) is 24.1. The molecule has 4 unspecified atom stereocenters. The lowest BCUT2D eigenvalue weighted by atomic mass is 9.67. The lowest BCUT2D eigenvalue weighted by molar-refractivity contribution is -0.125. The van der Waals surface area contributed by atoms with Gasteiger partial charge >= 0.3 is 0 Å². The maximum absolute atomic E-state index is 14.3. The Hall–Kier alpha value is -4.57. The van der Waals surface area contributed by atoms with E-state index in [1.807, 2.05) is 60.4 Å². The fourth-order valence-electron chi connectivity index (χ4n) is 5.74. The quantitative estimate of drug-likeness (QED) is 0.515. The summed E-state index contributed by atoms with van der Waals surface area (Å²) >= 11 is 0. The van der Waals surface area contributed by atoms with Crippen molar-refractivity contribution in [2.45, 2.75) is 24.9 Å². The van der Waals surface area contributed by atoms with Crippen LogP contribution in [0, 0.1) is 23.7 Å². The highest BCUT2D eigenvalue weighted by atomic mass is 16.5. The van der Waals surface area contributed by atoms with Crippen molar-refractivity contribution in [2.75, 3.05) is 19.1 Å². The van der Waals surface area contributed by atoms with E-state index in [1.165, 1.54) is 14.2 Å². The monoisotopic (exact) mass is 493 g/mol. The van der Waals surface area contributed by atoms with Crippen LogP contribution in [0.25, 0.3) is 6.08 Å². The Kier molecular flexibility index (Phi) is 5.96. The van der Waals surface area contributed by atoms with Gasteiger partial charge in [0.05, 0.1) is 26.3 Å². The molecule has 2 aliphatic rings. The van der Waals surface area contributed by atoms with E-state index in [2.05, 4.69) is 6.07 Å². The van der Waals surface area contributed by atoms with Crippen molar-refractivity contribution in [3.63, 3.8) is 0 Å². The summed E-state index contributed by atoms with van der Waals surface area (Å²) in [4.78, 5) is 29.5. The Morgan fingerprint density at radius 3 is 2.35 bits per heavy atom. The van der Waals surface area contributed by atoms with Crippen LogP contribution < -0.4 is 20.1 Å². The van der Waals surface area contributed by atoms with Gasteiger partial charge in [0.1, 0.15) is 6.04 Å². The molecule has 0 spiro atoms. The van der Waals surface area contributed by atoms with E-state index < -0.39 is 29.3 Å². The Balaban J connectivity index is 1.81. The molecule has 0 aliphatic carbocycles. The van der Waals surface area contributed by atoms with Gasteiger partial charge < -0.3 is 20.1 Å². The van der Waals surface area contributed by atoms with Crippen molar-refractivity contribution in [3.8, 4) is 17.6 Å². The lowest BCUT2D eigenvalue weighted by Gasteiger charge is -2.36. The van der Waals surface area contributed by atoms with E-state index in [4.69, 9.17) is 15.2 Å². The number of nitriles is 1. The number of Topliss-reactive ketones (excluding diaryl/α,β-unsaturated/α-hetero) is 1. The van der Waals surface area contributed by atoms with Crippen LogP contribution in [0.1, 0.15) is 33.0 Å². The Bertz CT molecular complexity index is 1460. The number of benzene rings is 3. The number of ketones is 1. The minimum absolute atomic E-state index is 0.201. The molecule has 0 aromatic heterocycles. The number of fused-ring (bicyclic) bond motifs is 3. The average molecular weight is 494 g/mol. The molecule has 5 rings (SSSR count). The van der Waals surface area contributed by atoms with Gasteiger partial charge in [0.25, 0.3) is 0 Å². The second-order valence-corrected chi connectivity index (χ2v) is 9.38. The van der Waals surface area contributed by atoms with Gasteiger partial charge in [-0.15, -0.1) is 0 Å². The Morgan fingerprint density at radius 1 is 1.00 bits per heavy atom. The summed E-state index contributed by atoms with van der Waals surface area (Å²) in [5.41, 5.74) is 8.09. The van der Waals surface area contributed by atoms with Crippen LogP contribution >= 0.6 is 0 Å². The van der Waals surface area contributed by atoms with Crippen molar-refractivity contribution in [1.82, 2.24) is 0 Å². The van der Waals surface area contributed by atoms with Gasteiger partial charge in [0.2, 0.25) is 5.91 Å². The highest BCUT2D eigenvalue weighted by molar-refractivity contribution is 6.06. The van der Waals surface area contributed by atoms with Crippen LogP contribution in [0.15, 0.2) is 72.8 Å². The number of carbonyl (C=O) groups excluding carboxylic acids is 2. The summed E-state index contributed by atoms with van der Waals surface area (Å²) < 4.78 is 10.9. The van der Waals surface area contributed by atoms with E-state index in [-0.39, 0.29) is 5.78 Å². The minimum Gasteiger partial charge on any atom is -0.493 e. The maximum atomic E-state index is 14.3. The van der Waals surface area contributed by atoms with Crippen LogP contribution in [0.5, 0.6) is 11.5 Å². The maximum Gasteiger partial charge on any atom is 0.241 e. The van der Waals surface area contributed by atoms with Gasteiger partial charge in [-0.2, -0.15) is 5.26 Å². The van der Waals surface area contributed by atoms with Gasteiger partial charge in [0, 0.05) is 17.2 Å². The molecule has 4 atom stereocenters. The molecule has 2 aliphatic heterocycles. The fourth-order valence-corrected chi connectivity index (χ4v) is 5.74. The number of ether oxygens (including phenoxy) is 2. The highest BCUT2D eigenvalue weighted by Crippen LogP contribution is 2.56. The van der Waals surface area contributed by atoms with Crippen molar-refractivity contribution < 1.29 is 19.1 Å². The molecule has 3 aromatic rings. The molecule has 2 heterocycles. The lowest BCUT2D eigenvalue weighted by Crippen LogP contribution is -2.49. The van der Waals surface area contributed by atoms with Crippen molar-refractivity contribution in [3.05, 3.63) is 95.1 Å². The number of amides is 1. The van der Waals surface area contributed by atoms with Gasteiger partial charge in [-0.1, -0.05) is 66.2 Å². The normalized spacial score (nSPS) is 23.5. The molecule has 1 amide bonds. The number of anilines is 1. The molecule has 1 fully saturated rings. The van der Waals surface area contributed by atoms with Crippen LogP contribution in [0.3, 0.4) is 0 Å². The third-order valence-corrected chi connectivity index (χ3v) is 7.51. The number of hydrogen-bond acceptors (Lipinski definition) is 6. The molecule has 3 aromatic carbocycles. The van der Waals surface area contributed by atoms with E-state index in [0.29, 0.717) is 22.6 Å². The number of carbonyl (C=O) groups is 2. The zero-order valence-electron chi connectivity index (χ0n) is 20.8. The summed E-state index contributed by atoms with van der Waals surface area (Å²) in [6, 6.07) is 20.8. The molecule has 7 heteroatoms. The van der Waals surface area contributed by atoms with E-state index in [0.717, 1.165) is 16.8 Å². The summed E-state index contributed by atoms with van der Waals surface area (Å²) in [5, 5.41) is 10.7. The molecular formula is C30H27N3O4. The van der Waals surface area contributed by atoms with Gasteiger partial charge in [-0.05, 0) is 36.2 Å². The van der Waals surface area contributed by atoms with Crippen molar-refractivity contribution in [1.29, 1.82) is 5.26 Å². The number of para-hydroxylation sites is 1. The van der Waals surface area contributed by atoms with Crippen LogP contribution in [-0.2, 0) is 4.79 Å². The molecule has 0 radical (unpaired) electrons. The van der Waals surface area contributed by atoms with E-state index in [1.54, 1.807) is 30.3 Å². The van der Waals surface area contributed by atoms with Gasteiger partial charge in [-0.3, -0.25) is 9.59 Å². The summed E-state index contributed by atoms with van der Waals surface area (Å²) in [7, 11) is 3.04. The number of aryl methyl sites for hydroxylation is 1. The first-order chi connectivity index (χ1) is 17.9. The topological polar surface area (TPSA) is 106 Å². The van der Waals surface area contributed by atoms with Crippen LogP contribution in [0.2, 0.25) is 0 Å². The predicted molar refractivity (Wildman–Crippen MR) is 141 cm³/mol. The second kappa shape index (κ2) is 9.14. The Labute approximate surface area is 215 Å². The highest BCUT2D eigenvalue weighted by Gasteiger charge is 2.65.